The number of rotatable bonds is 1. The van der Waals surface area contributed by atoms with Gasteiger partial charge in [0.2, 0.25) is 0 Å². The summed E-state index contributed by atoms with van der Waals surface area (Å²) >= 11 is 2.15. The van der Waals surface area contributed by atoms with Gasteiger partial charge in [0.25, 0.3) is 0 Å². The van der Waals surface area contributed by atoms with E-state index in [1.165, 1.54) is 4.90 Å². The molecule has 4 heteroatoms. The second-order valence-electron chi connectivity index (χ2n) is 3.46. The Balaban J connectivity index is 2.75. The first-order chi connectivity index (χ1) is 7.61. The lowest BCUT2D eigenvalue weighted by molar-refractivity contribution is 0.203. The van der Waals surface area contributed by atoms with Crippen molar-refractivity contribution in [1.29, 1.82) is 0 Å². The first-order valence-corrected chi connectivity index (χ1v) is 5.83. The van der Waals surface area contributed by atoms with Crippen molar-refractivity contribution in [2.24, 2.45) is 0 Å². The maximum Gasteiger partial charge on any atom is 0.411 e. The van der Waals surface area contributed by atoms with Gasteiger partial charge in [0.05, 0.1) is 5.69 Å². The second-order valence-corrected chi connectivity index (χ2v) is 4.62. The summed E-state index contributed by atoms with van der Waals surface area (Å²) in [5, 5.41) is 11.0. The lowest BCUT2D eigenvalue weighted by atomic mass is 10.1. The van der Waals surface area contributed by atoms with Crippen LogP contribution in [-0.4, -0.2) is 18.2 Å². The molecule has 0 unspecified atom stereocenters. The van der Waals surface area contributed by atoms with E-state index in [4.69, 9.17) is 5.11 Å². The number of carbonyl (C=O) groups is 1. The van der Waals surface area contributed by atoms with Crippen LogP contribution in [0.4, 0.5) is 10.5 Å². The summed E-state index contributed by atoms with van der Waals surface area (Å²) in [4.78, 5) is 12.3. The Morgan fingerprint density at radius 1 is 1.25 bits per heavy atom. The molecule has 1 N–H and O–H groups in total. The van der Waals surface area contributed by atoms with Gasteiger partial charge < -0.3 is 5.11 Å². The van der Waals surface area contributed by atoms with Crippen LogP contribution in [0.15, 0.2) is 36.4 Å². The highest BCUT2D eigenvalue weighted by Crippen LogP contribution is 2.31. The molecule has 0 aliphatic carbocycles. The van der Waals surface area contributed by atoms with Crippen molar-refractivity contribution in [2.75, 3.05) is 11.9 Å². The summed E-state index contributed by atoms with van der Waals surface area (Å²) in [6, 6.07) is 11.7. The summed E-state index contributed by atoms with van der Waals surface area (Å²) in [5.41, 5.74) is 0.742. The molecule has 16 heavy (non-hydrogen) atoms. The molecule has 0 aromatic heterocycles. The van der Waals surface area contributed by atoms with E-state index >= 15 is 0 Å². The van der Waals surface area contributed by atoms with Crippen LogP contribution in [0.5, 0.6) is 0 Å². The highest BCUT2D eigenvalue weighted by atomic mass is 127. The molecule has 0 fully saturated rings. The molecule has 3 nitrogen and oxygen atoms in total. The summed E-state index contributed by atoms with van der Waals surface area (Å²) < 4.78 is 0.932. The van der Waals surface area contributed by atoms with Crippen LogP contribution in [0.25, 0.3) is 10.8 Å². The van der Waals surface area contributed by atoms with Crippen molar-refractivity contribution in [1.82, 2.24) is 0 Å². The minimum Gasteiger partial charge on any atom is -0.465 e. The minimum absolute atomic E-state index is 0.742. The van der Waals surface area contributed by atoms with Gasteiger partial charge in [-0.25, -0.2) is 4.79 Å². The van der Waals surface area contributed by atoms with Crippen LogP contribution < -0.4 is 4.90 Å². The molecule has 2 rings (SSSR count). The molecule has 0 bridgehead atoms. The van der Waals surface area contributed by atoms with Gasteiger partial charge in [0.15, 0.2) is 0 Å². The lowest BCUT2D eigenvalue weighted by Crippen LogP contribution is -2.24. The number of anilines is 1. The first-order valence-electron chi connectivity index (χ1n) is 4.75. The normalized spacial score (nSPS) is 10.4. The van der Waals surface area contributed by atoms with E-state index in [2.05, 4.69) is 22.6 Å². The molecule has 0 saturated heterocycles. The second kappa shape index (κ2) is 4.29. The number of halogens is 1. The SMILES string of the molecule is CN(C(=O)O)c1c(I)ccc2ccccc12. The Labute approximate surface area is 107 Å². The maximum absolute atomic E-state index is 11.0. The highest BCUT2D eigenvalue weighted by Gasteiger charge is 2.14. The molecule has 0 heterocycles. The summed E-state index contributed by atoms with van der Waals surface area (Å²) in [6.07, 6.45) is -0.950. The predicted octanol–water partition coefficient (Wildman–Crippen LogP) is 3.56. The van der Waals surface area contributed by atoms with E-state index in [-0.39, 0.29) is 0 Å². The third-order valence-electron chi connectivity index (χ3n) is 2.47. The fourth-order valence-electron chi connectivity index (χ4n) is 1.67. The topological polar surface area (TPSA) is 40.5 Å². The van der Waals surface area contributed by atoms with Crippen LogP contribution in [0.1, 0.15) is 0 Å². The van der Waals surface area contributed by atoms with Crippen molar-refractivity contribution in [3.05, 3.63) is 40.0 Å². The average molecular weight is 327 g/mol. The van der Waals surface area contributed by atoms with Crippen molar-refractivity contribution < 1.29 is 9.90 Å². The Morgan fingerprint density at radius 3 is 2.62 bits per heavy atom. The van der Waals surface area contributed by atoms with Gasteiger partial charge in [-0.3, -0.25) is 4.90 Å². The van der Waals surface area contributed by atoms with E-state index in [9.17, 15) is 4.79 Å². The van der Waals surface area contributed by atoms with Crippen molar-refractivity contribution in [3.63, 3.8) is 0 Å². The van der Waals surface area contributed by atoms with E-state index < -0.39 is 6.09 Å². The number of hydrogen-bond acceptors (Lipinski definition) is 1. The standard InChI is InChI=1S/C12H10INO2/c1-14(12(15)16)11-9-5-3-2-4-8(9)6-7-10(11)13/h2-7H,1H3,(H,15,16). The molecule has 1 amide bonds. The zero-order valence-corrected chi connectivity index (χ0v) is 10.8. The maximum atomic E-state index is 11.0. The van der Waals surface area contributed by atoms with E-state index in [0.717, 1.165) is 20.0 Å². The van der Waals surface area contributed by atoms with Gasteiger partial charge in [-0.1, -0.05) is 30.3 Å². The fraction of sp³-hybridized carbons (Fsp3) is 0.0833. The molecule has 0 aliphatic rings. The number of nitrogens with zero attached hydrogens (tertiary/aromatic N) is 1. The number of carboxylic acid groups (broad SMARTS) is 1. The van der Waals surface area contributed by atoms with Crippen LogP contribution in [-0.2, 0) is 0 Å². The number of fused-ring (bicyclic) bond motifs is 1. The molecule has 0 saturated carbocycles. The lowest BCUT2D eigenvalue weighted by Gasteiger charge is -2.17. The van der Waals surface area contributed by atoms with Crippen LogP contribution >= 0.6 is 22.6 Å². The molecule has 2 aromatic carbocycles. The third kappa shape index (κ3) is 1.84. The molecule has 0 aliphatic heterocycles. The van der Waals surface area contributed by atoms with Gasteiger partial charge in [0, 0.05) is 16.0 Å². The minimum atomic E-state index is -0.950. The van der Waals surface area contributed by atoms with Gasteiger partial charge in [0.1, 0.15) is 0 Å². The Hall–Kier alpha value is -1.30. The molecule has 2 aromatic rings. The van der Waals surface area contributed by atoms with Gasteiger partial charge in [-0.15, -0.1) is 0 Å². The largest absolute Gasteiger partial charge is 0.465 e. The molecule has 0 atom stereocenters. The fourth-order valence-corrected chi connectivity index (χ4v) is 2.50. The monoisotopic (exact) mass is 327 g/mol. The predicted molar refractivity (Wildman–Crippen MR) is 73.1 cm³/mol. The Bertz CT molecular complexity index is 554. The third-order valence-corrected chi connectivity index (χ3v) is 3.34. The highest BCUT2D eigenvalue weighted by molar-refractivity contribution is 14.1. The van der Waals surface area contributed by atoms with Gasteiger partial charge in [-0.05, 0) is 34.0 Å². The van der Waals surface area contributed by atoms with Crippen molar-refractivity contribution in [2.45, 2.75) is 0 Å². The molecular weight excluding hydrogens is 317 g/mol. The van der Waals surface area contributed by atoms with Crippen LogP contribution in [0, 0.1) is 3.57 Å². The zero-order valence-electron chi connectivity index (χ0n) is 8.64. The Kier molecular flexibility index (Phi) is 3.00. The Morgan fingerprint density at radius 2 is 1.94 bits per heavy atom. The van der Waals surface area contributed by atoms with Crippen LogP contribution in [0.2, 0.25) is 0 Å². The van der Waals surface area contributed by atoms with Gasteiger partial charge >= 0.3 is 6.09 Å². The van der Waals surface area contributed by atoms with Gasteiger partial charge in [-0.2, -0.15) is 0 Å². The first kappa shape index (κ1) is 11.2. The molecule has 0 radical (unpaired) electrons. The molecule has 82 valence electrons. The molecule has 0 spiro atoms. The number of hydrogen-bond donors (Lipinski definition) is 1. The van der Waals surface area contributed by atoms with E-state index in [1.807, 2.05) is 36.4 Å². The quantitative estimate of drug-likeness (QED) is 0.814. The zero-order chi connectivity index (χ0) is 11.7. The smallest absolute Gasteiger partial charge is 0.411 e. The van der Waals surface area contributed by atoms with Crippen molar-refractivity contribution in [3.8, 4) is 0 Å². The van der Waals surface area contributed by atoms with Crippen molar-refractivity contribution >= 4 is 45.1 Å². The number of benzene rings is 2. The van der Waals surface area contributed by atoms with E-state index in [1.54, 1.807) is 7.05 Å². The van der Waals surface area contributed by atoms with Crippen LogP contribution in [0.3, 0.4) is 0 Å². The average Bonchev–Trinajstić information content (AvgIpc) is 2.28. The summed E-state index contributed by atoms with van der Waals surface area (Å²) in [6.45, 7) is 0. The molecular formula is C12H10INO2. The summed E-state index contributed by atoms with van der Waals surface area (Å²) in [5.74, 6) is 0. The summed E-state index contributed by atoms with van der Waals surface area (Å²) in [7, 11) is 1.56. The van der Waals surface area contributed by atoms with E-state index in [0.29, 0.717) is 0 Å². The number of amides is 1.